The predicted molar refractivity (Wildman–Crippen MR) is 149 cm³/mol. The molecule has 39 heavy (non-hydrogen) atoms. The molecule has 3 fully saturated rings. The van der Waals surface area contributed by atoms with Gasteiger partial charge in [0.25, 0.3) is 0 Å². The Kier molecular flexibility index (Phi) is 7.24. The molecule has 1 spiro atoms. The van der Waals surface area contributed by atoms with Crippen molar-refractivity contribution < 1.29 is 24.2 Å². The zero-order valence-corrected chi connectivity index (χ0v) is 23.4. The van der Waals surface area contributed by atoms with Crippen LogP contribution in [0.1, 0.15) is 40.5 Å². The molecule has 3 N–H and O–H groups in total. The Labute approximate surface area is 234 Å². The van der Waals surface area contributed by atoms with Crippen molar-refractivity contribution in [3.8, 4) is 0 Å². The first-order chi connectivity index (χ1) is 18.5. The average molecular weight is 554 g/mol. The van der Waals surface area contributed by atoms with E-state index in [1.165, 1.54) is 4.90 Å². The number of rotatable bonds is 8. The second-order valence-corrected chi connectivity index (χ2v) is 12.1. The Morgan fingerprint density at radius 3 is 2.41 bits per heavy atom. The van der Waals surface area contributed by atoms with Crippen molar-refractivity contribution in [1.82, 2.24) is 4.90 Å². The van der Waals surface area contributed by atoms with Crippen molar-refractivity contribution in [1.29, 1.82) is 0 Å². The molecule has 3 aliphatic rings. The summed E-state index contributed by atoms with van der Waals surface area (Å²) in [4.78, 5) is 43.8. The van der Waals surface area contributed by atoms with Crippen LogP contribution in [-0.2, 0) is 19.1 Å². The van der Waals surface area contributed by atoms with Gasteiger partial charge in [-0.1, -0.05) is 62.7 Å². The lowest BCUT2D eigenvalue weighted by atomic mass is 9.62. The van der Waals surface area contributed by atoms with E-state index >= 15 is 0 Å². The fourth-order valence-electron chi connectivity index (χ4n) is 7.09. The highest BCUT2D eigenvalue weighted by molar-refractivity contribution is 6.33. The molecule has 3 unspecified atom stereocenters. The summed E-state index contributed by atoms with van der Waals surface area (Å²) in [6.07, 6.45) is 0.931. The average Bonchev–Trinajstić information content (AvgIpc) is 3.41. The highest BCUT2D eigenvalue weighted by Crippen LogP contribution is 2.65. The van der Waals surface area contributed by atoms with Crippen LogP contribution in [0.3, 0.4) is 0 Å². The van der Waals surface area contributed by atoms with E-state index in [2.05, 4.69) is 10.6 Å². The molecule has 3 saturated heterocycles. The second kappa shape index (κ2) is 10.2. The van der Waals surface area contributed by atoms with Gasteiger partial charge in [0.2, 0.25) is 17.7 Å². The number of likely N-dealkylation sites (tertiary alicyclic amines) is 1. The van der Waals surface area contributed by atoms with Crippen molar-refractivity contribution in [2.75, 3.05) is 17.2 Å². The molecule has 3 aliphatic heterocycles. The molecule has 0 saturated carbocycles. The van der Waals surface area contributed by atoms with Gasteiger partial charge in [0.15, 0.2) is 0 Å². The first-order valence-electron chi connectivity index (χ1n) is 13.6. The summed E-state index contributed by atoms with van der Waals surface area (Å²) in [6, 6.07) is 14.4. The van der Waals surface area contributed by atoms with Gasteiger partial charge in [-0.25, -0.2) is 0 Å². The van der Waals surface area contributed by atoms with Crippen LogP contribution in [0.15, 0.2) is 54.6 Å². The van der Waals surface area contributed by atoms with Crippen LogP contribution in [0.4, 0.5) is 11.4 Å². The highest BCUT2D eigenvalue weighted by Gasteiger charge is 2.80. The molecule has 2 aromatic carbocycles. The largest absolute Gasteiger partial charge is 0.394 e. The van der Waals surface area contributed by atoms with Gasteiger partial charge >= 0.3 is 0 Å². The number of anilines is 2. The summed E-state index contributed by atoms with van der Waals surface area (Å²) >= 11 is 6.35. The lowest BCUT2D eigenvalue weighted by Crippen LogP contribution is -2.56. The summed E-state index contributed by atoms with van der Waals surface area (Å²) < 4.78 is 6.76. The Morgan fingerprint density at radius 1 is 1.10 bits per heavy atom. The third-order valence-electron chi connectivity index (χ3n) is 8.80. The van der Waals surface area contributed by atoms with Crippen LogP contribution in [0.25, 0.3) is 0 Å². The highest BCUT2D eigenvalue weighted by atomic mass is 35.5. The summed E-state index contributed by atoms with van der Waals surface area (Å²) in [7, 11) is 0. The maximum atomic E-state index is 14.4. The summed E-state index contributed by atoms with van der Waals surface area (Å²) in [5.41, 5.74) is -1.12. The third-order valence-corrected chi connectivity index (χ3v) is 9.13. The SMILES string of the molecule is CC(C)C[C@H](CO)N1C(=O)[C@@H]2[C@@H](C(=O)Nc3ccccc3)[C@]3(C)OC2(CC3C)C1C(=O)Nc1ccccc1Cl. The lowest BCUT2D eigenvalue weighted by molar-refractivity contribution is -0.148. The van der Waals surface area contributed by atoms with Crippen LogP contribution >= 0.6 is 11.6 Å². The van der Waals surface area contributed by atoms with Gasteiger partial charge in [-0.3, -0.25) is 14.4 Å². The number of hydrogen-bond acceptors (Lipinski definition) is 5. The number of aliphatic hydroxyl groups is 1. The number of ether oxygens (including phenoxy) is 1. The van der Waals surface area contributed by atoms with Crippen LogP contribution in [-0.4, -0.2) is 57.6 Å². The maximum Gasteiger partial charge on any atom is 0.250 e. The van der Waals surface area contributed by atoms with Crippen LogP contribution < -0.4 is 10.6 Å². The van der Waals surface area contributed by atoms with Crippen LogP contribution in [0.5, 0.6) is 0 Å². The first-order valence-corrected chi connectivity index (χ1v) is 14.0. The third kappa shape index (κ3) is 4.42. The maximum absolute atomic E-state index is 14.4. The van der Waals surface area contributed by atoms with Gasteiger partial charge in [0, 0.05) is 5.69 Å². The predicted octanol–water partition coefficient (Wildman–Crippen LogP) is 4.33. The summed E-state index contributed by atoms with van der Waals surface area (Å²) in [5, 5.41) is 16.7. The molecule has 0 radical (unpaired) electrons. The Bertz CT molecular complexity index is 1270. The quantitative estimate of drug-likeness (QED) is 0.451. The normalized spacial score (nSPS) is 31.9. The van der Waals surface area contributed by atoms with Gasteiger partial charge in [-0.2, -0.15) is 0 Å². The number of aliphatic hydroxyl groups excluding tert-OH is 1. The number of halogens is 1. The van der Waals surface area contributed by atoms with E-state index in [9.17, 15) is 19.5 Å². The van der Waals surface area contributed by atoms with Crippen LogP contribution in [0, 0.1) is 23.7 Å². The molecular weight excluding hydrogens is 518 g/mol. The van der Waals surface area contributed by atoms with E-state index in [1.807, 2.05) is 45.9 Å². The number of benzene rings is 2. The van der Waals surface area contributed by atoms with Gasteiger partial charge in [0.05, 0.1) is 40.8 Å². The van der Waals surface area contributed by atoms with E-state index in [-0.39, 0.29) is 30.3 Å². The number of amides is 3. The lowest BCUT2D eigenvalue weighted by Gasteiger charge is -2.37. The van der Waals surface area contributed by atoms with E-state index in [4.69, 9.17) is 16.3 Å². The zero-order chi connectivity index (χ0) is 28.1. The number of nitrogens with zero attached hydrogens (tertiary/aromatic N) is 1. The smallest absolute Gasteiger partial charge is 0.250 e. The number of fused-ring (bicyclic) bond motifs is 1. The van der Waals surface area contributed by atoms with Crippen molar-refractivity contribution in [3.05, 3.63) is 59.6 Å². The van der Waals surface area contributed by atoms with Gasteiger partial charge in [-0.05, 0) is 55.9 Å². The molecule has 3 amide bonds. The Morgan fingerprint density at radius 2 is 1.77 bits per heavy atom. The molecule has 208 valence electrons. The minimum atomic E-state index is -1.22. The second-order valence-electron chi connectivity index (χ2n) is 11.7. The zero-order valence-electron chi connectivity index (χ0n) is 22.7. The fourth-order valence-corrected chi connectivity index (χ4v) is 7.28. The number of carbonyl (C=O) groups excluding carboxylic acids is 3. The van der Waals surface area contributed by atoms with E-state index in [1.54, 1.807) is 36.4 Å². The topological polar surface area (TPSA) is 108 Å². The molecule has 7 atom stereocenters. The van der Waals surface area contributed by atoms with Crippen molar-refractivity contribution >= 4 is 40.7 Å². The van der Waals surface area contributed by atoms with E-state index in [0.29, 0.717) is 29.2 Å². The number of para-hydroxylation sites is 2. The molecule has 0 aromatic heterocycles. The minimum absolute atomic E-state index is 0.0960. The Hall–Kier alpha value is -2.94. The standard InChI is InChI=1S/C30H36ClN3O5/c1-17(2)14-20(16-35)34-25(27(37)33-22-13-9-8-12-21(22)31)30-15-18(3)29(4,39-30)23(24(30)28(34)38)26(36)32-19-10-6-5-7-11-19/h5-13,17-18,20,23-25,35H,14-16H2,1-4H3,(H,32,36)(H,33,37)/t18?,20-,23+,24+,25?,29-,30?/m1/s1. The van der Waals surface area contributed by atoms with Crippen LogP contribution in [0.2, 0.25) is 5.02 Å². The minimum Gasteiger partial charge on any atom is -0.394 e. The molecular formula is C30H36ClN3O5. The van der Waals surface area contributed by atoms with Crippen molar-refractivity contribution in [2.45, 2.75) is 63.8 Å². The van der Waals surface area contributed by atoms with Crippen molar-refractivity contribution in [3.63, 3.8) is 0 Å². The van der Waals surface area contributed by atoms with E-state index < -0.39 is 41.0 Å². The molecule has 3 heterocycles. The van der Waals surface area contributed by atoms with Gasteiger partial charge in [-0.15, -0.1) is 0 Å². The fraction of sp³-hybridized carbons (Fsp3) is 0.500. The molecule has 8 nitrogen and oxygen atoms in total. The number of nitrogens with one attached hydrogen (secondary N) is 2. The Balaban J connectivity index is 1.58. The first kappa shape index (κ1) is 27.6. The summed E-state index contributed by atoms with van der Waals surface area (Å²) in [5.74, 6) is -2.71. The molecule has 9 heteroatoms. The monoisotopic (exact) mass is 553 g/mol. The number of hydrogen-bond donors (Lipinski definition) is 3. The molecule has 2 bridgehead atoms. The summed E-state index contributed by atoms with van der Waals surface area (Å²) in [6.45, 7) is 7.57. The van der Waals surface area contributed by atoms with Gasteiger partial charge in [0.1, 0.15) is 11.6 Å². The molecule has 5 rings (SSSR count). The van der Waals surface area contributed by atoms with E-state index in [0.717, 1.165) is 0 Å². The van der Waals surface area contributed by atoms with Gasteiger partial charge < -0.3 is 25.4 Å². The number of carbonyl (C=O) groups is 3. The van der Waals surface area contributed by atoms with Crippen molar-refractivity contribution in [2.24, 2.45) is 23.7 Å². The molecule has 2 aromatic rings. The molecule has 0 aliphatic carbocycles.